The molecule has 3 N–H and O–H groups in total. The molecule has 1 aromatic heterocycles. The second kappa shape index (κ2) is 9.54. The molecule has 0 aliphatic rings. The Morgan fingerprint density at radius 2 is 1.42 bits per heavy atom. The maximum atomic E-state index is 13.0. The van der Waals surface area contributed by atoms with Gasteiger partial charge in [0.1, 0.15) is 5.69 Å². The number of aromatic nitrogens is 1. The maximum absolute atomic E-state index is 13.0. The minimum absolute atomic E-state index is 0.0844. The van der Waals surface area contributed by atoms with Gasteiger partial charge >= 0.3 is 11.8 Å². The van der Waals surface area contributed by atoms with E-state index in [0.717, 1.165) is 0 Å². The first-order valence-electron chi connectivity index (χ1n) is 9.56. The molecule has 0 spiro atoms. The molecule has 0 fully saturated rings. The predicted octanol–water partition coefficient (Wildman–Crippen LogP) is 5.56. The van der Waals surface area contributed by atoms with Gasteiger partial charge < -0.3 is 10.6 Å². The van der Waals surface area contributed by atoms with Crippen LogP contribution in [0.2, 0.25) is 15.1 Å². The average molecular weight is 502 g/mol. The fourth-order valence-electron chi connectivity index (χ4n) is 3.10. The fraction of sp³-hybridized carbons (Fsp3) is 0. The van der Waals surface area contributed by atoms with Gasteiger partial charge in [-0.1, -0.05) is 46.9 Å². The Morgan fingerprint density at radius 1 is 0.727 bits per heavy atom. The molecule has 0 bridgehead atoms. The molecule has 0 aliphatic carbocycles. The predicted molar refractivity (Wildman–Crippen MR) is 131 cm³/mol. The summed E-state index contributed by atoms with van der Waals surface area (Å²) in [6.45, 7) is 0. The number of rotatable bonds is 4. The molecular formula is C23H15Cl3N4O3. The zero-order valence-electron chi connectivity index (χ0n) is 16.7. The third-order valence-electron chi connectivity index (χ3n) is 4.64. The summed E-state index contributed by atoms with van der Waals surface area (Å²) in [4.78, 5) is 38.1. The summed E-state index contributed by atoms with van der Waals surface area (Å²) in [6.07, 6.45) is 0. The molecule has 0 unspecified atom stereocenters. The quantitative estimate of drug-likeness (QED) is 0.320. The standard InChI is InChI=1S/C23H15Cl3N4O3/c24-14-5-8-16(9-6-14)27-21(31)20-12-13-11-15(25)7-10-19(13)30(20)29-23(33)22(32)28-18-4-2-1-3-17(18)26/h1-12H,(H,27,31)(H,28,32)(H,29,33). The highest BCUT2D eigenvalue weighted by molar-refractivity contribution is 6.44. The van der Waals surface area contributed by atoms with Crippen LogP contribution >= 0.6 is 34.8 Å². The highest BCUT2D eigenvalue weighted by atomic mass is 35.5. The summed E-state index contributed by atoms with van der Waals surface area (Å²) in [5.41, 5.74) is 3.81. The molecule has 0 aliphatic heterocycles. The van der Waals surface area contributed by atoms with Crippen LogP contribution in [0.5, 0.6) is 0 Å². The van der Waals surface area contributed by atoms with Crippen molar-refractivity contribution in [1.29, 1.82) is 0 Å². The molecule has 4 aromatic rings. The van der Waals surface area contributed by atoms with E-state index >= 15 is 0 Å². The van der Waals surface area contributed by atoms with Crippen LogP contribution < -0.4 is 16.1 Å². The average Bonchev–Trinajstić information content (AvgIpc) is 3.14. The Bertz CT molecular complexity index is 1380. The van der Waals surface area contributed by atoms with Gasteiger partial charge in [0.2, 0.25) is 0 Å². The van der Waals surface area contributed by atoms with Crippen LogP contribution in [-0.4, -0.2) is 22.4 Å². The molecule has 4 rings (SSSR count). The SMILES string of the molecule is O=C(Nc1ccccc1Cl)C(=O)Nn1c(C(=O)Nc2ccc(Cl)cc2)cc2cc(Cl)ccc21. The largest absolute Gasteiger partial charge is 0.328 e. The van der Waals surface area contributed by atoms with Gasteiger partial charge in [-0.2, -0.15) is 0 Å². The van der Waals surface area contributed by atoms with E-state index in [0.29, 0.717) is 26.6 Å². The minimum Gasteiger partial charge on any atom is -0.321 e. The number of nitrogens with one attached hydrogen (secondary N) is 3. The van der Waals surface area contributed by atoms with Crippen LogP contribution in [0.15, 0.2) is 72.8 Å². The lowest BCUT2D eigenvalue weighted by Gasteiger charge is -2.13. The fourth-order valence-corrected chi connectivity index (χ4v) is 3.59. The van der Waals surface area contributed by atoms with Gasteiger partial charge in [-0.25, -0.2) is 4.68 Å². The van der Waals surface area contributed by atoms with E-state index in [4.69, 9.17) is 34.8 Å². The van der Waals surface area contributed by atoms with Gasteiger partial charge in [-0.3, -0.25) is 19.8 Å². The van der Waals surface area contributed by atoms with Crippen molar-refractivity contribution in [2.75, 3.05) is 16.1 Å². The normalized spacial score (nSPS) is 10.6. The number of carbonyl (C=O) groups is 3. The van der Waals surface area contributed by atoms with Crippen molar-refractivity contribution in [3.8, 4) is 0 Å². The Hall–Kier alpha value is -3.52. The third kappa shape index (κ3) is 5.12. The van der Waals surface area contributed by atoms with Crippen LogP contribution in [0, 0.1) is 0 Å². The van der Waals surface area contributed by atoms with Crippen molar-refractivity contribution in [2.24, 2.45) is 0 Å². The summed E-state index contributed by atoms with van der Waals surface area (Å²) in [6, 6.07) is 19.5. The first-order chi connectivity index (χ1) is 15.8. The molecule has 0 radical (unpaired) electrons. The number of para-hydroxylation sites is 1. The van der Waals surface area contributed by atoms with Crippen molar-refractivity contribution in [3.05, 3.63) is 93.6 Å². The topological polar surface area (TPSA) is 92.2 Å². The molecule has 0 saturated carbocycles. The van der Waals surface area contributed by atoms with Gasteiger partial charge in [-0.05, 0) is 60.7 Å². The Labute approximate surface area is 203 Å². The zero-order valence-corrected chi connectivity index (χ0v) is 19.0. The van der Waals surface area contributed by atoms with Gasteiger partial charge in [-0.15, -0.1) is 0 Å². The summed E-state index contributed by atoms with van der Waals surface area (Å²) in [5, 5.41) is 7.02. The molecule has 10 heteroatoms. The number of fused-ring (bicyclic) bond motifs is 1. The van der Waals surface area contributed by atoms with Crippen molar-refractivity contribution >= 4 is 74.8 Å². The van der Waals surface area contributed by atoms with E-state index in [1.165, 1.54) is 4.68 Å². The number of anilines is 2. The summed E-state index contributed by atoms with van der Waals surface area (Å²) >= 11 is 18.0. The van der Waals surface area contributed by atoms with Crippen LogP contribution in [0.4, 0.5) is 11.4 Å². The first-order valence-corrected chi connectivity index (χ1v) is 10.7. The van der Waals surface area contributed by atoms with E-state index < -0.39 is 17.7 Å². The van der Waals surface area contributed by atoms with Gasteiger partial charge in [0.15, 0.2) is 0 Å². The van der Waals surface area contributed by atoms with E-state index in [-0.39, 0.29) is 16.4 Å². The van der Waals surface area contributed by atoms with E-state index in [9.17, 15) is 14.4 Å². The molecule has 0 saturated heterocycles. The molecule has 166 valence electrons. The van der Waals surface area contributed by atoms with E-state index in [1.54, 1.807) is 72.8 Å². The number of hydrogen-bond acceptors (Lipinski definition) is 3. The molecule has 0 atom stereocenters. The van der Waals surface area contributed by atoms with Crippen LogP contribution in [0.1, 0.15) is 10.5 Å². The van der Waals surface area contributed by atoms with Crippen LogP contribution in [-0.2, 0) is 9.59 Å². The minimum atomic E-state index is -0.997. The first kappa shape index (κ1) is 22.7. The highest BCUT2D eigenvalue weighted by Crippen LogP contribution is 2.24. The zero-order chi connectivity index (χ0) is 23.5. The number of amides is 3. The second-order valence-electron chi connectivity index (χ2n) is 6.90. The molecule has 3 aromatic carbocycles. The Kier molecular flexibility index (Phi) is 6.55. The van der Waals surface area contributed by atoms with Crippen molar-refractivity contribution in [2.45, 2.75) is 0 Å². The number of halogens is 3. The monoisotopic (exact) mass is 500 g/mol. The van der Waals surface area contributed by atoms with Crippen molar-refractivity contribution in [3.63, 3.8) is 0 Å². The second-order valence-corrected chi connectivity index (χ2v) is 8.18. The van der Waals surface area contributed by atoms with Crippen LogP contribution in [0.3, 0.4) is 0 Å². The van der Waals surface area contributed by atoms with E-state index in [1.807, 2.05) is 0 Å². The lowest BCUT2D eigenvalue weighted by molar-refractivity contribution is -0.133. The number of nitrogens with zero attached hydrogens (tertiary/aromatic N) is 1. The van der Waals surface area contributed by atoms with Gasteiger partial charge in [0.25, 0.3) is 5.91 Å². The smallest absolute Gasteiger partial charge is 0.321 e. The third-order valence-corrected chi connectivity index (χ3v) is 5.46. The van der Waals surface area contributed by atoms with Crippen molar-refractivity contribution < 1.29 is 14.4 Å². The van der Waals surface area contributed by atoms with Crippen LogP contribution in [0.25, 0.3) is 10.9 Å². The Morgan fingerprint density at radius 3 is 2.15 bits per heavy atom. The van der Waals surface area contributed by atoms with Crippen molar-refractivity contribution in [1.82, 2.24) is 4.68 Å². The summed E-state index contributed by atoms with van der Waals surface area (Å²) in [5.74, 6) is -2.47. The number of benzene rings is 3. The molecule has 1 heterocycles. The molecule has 3 amide bonds. The van der Waals surface area contributed by atoms with Gasteiger partial charge in [0.05, 0.1) is 16.2 Å². The number of carbonyl (C=O) groups excluding carboxylic acids is 3. The lowest BCUT2D eigenvalue weighted by atomic mass is 10.2. The van der Waals surface area contributed by atoms with Gasteiger partial charge in [0, 0.05) is 21.1 Å². The highest BCUT2D eigenvalue weighted by Gasteiger charge is 2.21. The number of hydrogen-bond donors (Lipinski definition) is 3. The Balaban J connectivity index is 1.63. The molecule has 33 heavy (non-hydrogen) atoms. The molecular weight excluding hydrogens is 487 g/mol. The lowest BCUT2D eigenvalue weighted by Crippen LogP contribution is -2.36. The summed E-state index contributed by atoms with van der Waals surface area (Å²) < 4.78 is 1.23. The molecule has 7 nitrogen and oxygen atoms in total. The maximum Gasteiger partial charge on any atom is 0.328 e. The van der Waals surface area contributed by atoms with E-state index in [2.05, 4.69) is 16.1 Å². The summed E-state index contributed by atoms with van der Waals surface area (Å²) in [7, 11) is 0.